The van der Waals surface area contributed by atoms with Gasteiger partial charge in [-0.15, -0.1) is 13.2 Å². The topological polar surface area (TPSA) is 189 Å². The van der Waals surface area contributed by atoms with Gasteiger partial charge in [0.2, 0.25) is 5.91 Å². The van der Waals surface area contributed by atoms with Crippen LogP contribution < -0.4 is 15.5 Å². The van der Waals surface area contributed by atoms with Crippen LogP contribution in [-0.4, -0.2) is 139 Å². The van der Waals surface area contributed by atoms with Crippen molar-refractivity contribution in [3.63, 3.8) is 0 Å². The molecule has 0 aliphatic rings. The summed E-state index contributed by atoms with van der Waals surface area (Å²) in [5, 5.41) is 51.1. The summed E-state index contributed by atoms with van der Waals surface area (Å²) < 4.78 is 0. The Morgan fingerprint density at radius 2 is 1.26 bits per heavy atom. The first-order valence-electron chi connectivity index (χ1n) is 15.0. The van der Waals surface area contributed by atoms with E-state index in [4.69, 9.17) is 15.3 Å². The SMILES string of the molecule is C=CCCCCCC(=O)NCN(CCCO)CCC(=O)O.C=CCCCCCC([O-])=NCN(CCCO)CCC(=O)[O-].[Ca+2]. The molecule has 1 amide bonds. The second-order valence-electron chi connectivity index (χ2n) is 9.88. The number of nitrogens with one attached hydrogen (secondary N) is 1. The molecule has 0 spiro atoms. The Bertz CT molecular complexity index is 756. The zero-order valence-electron chi connectivity index (χ0n) is 26.1. The number of rotatable bonds is 28. The maximum Gasteiger partial charge on any atom is 2.00 e. The number of carbonyl (C=O) groups is 3. The number of allylic oxidation sites excluding steroid dienone is 2. The number of aliphatic hydroxyl groups excluding tert-OH is 2. The Kier molecular flexibility index (Phi) is 37.3. The largest absolute Gasteiger partial charge is 2.00 e. The van der Waals surface area contributed by atoms with Crippen molar-refractivity contribution in [2.24, 2.45) is 4.99 Å². The number of aliphatic imine (C=N–C) groups is 1. The van der Waals surface area contributed by atoms with Crippen LogP contribution in [0.2, 0.25) is 0 Å². The summed E-state index contributed by atoms with van der Waals surface area (Å²) in [4.78, 5) is 40.2. The number of unbranched alkanes of at least 4 members (excludes halogenated alkanes) is 6. The molecule has 13 heteroatoms. The van der Waals surface area contributed by atoms with Crippen molar-refractivity contribution in [2.45, 2.75) is 89.9 Å². The average molecular weight is 639 g/mol. The van der Waals surface area contributed by atoms with Gasteiger partial charge in [-0.05, 0) is 70.1 Å². The van der Waals surface area contributed by atoms with Crippen molar-refractivity contribution in [3.8, 4) is 0 Å². The molecule has 244 valence electrons. The summed E-state index contributed by atoms with van der Waals surface area (Å²) in [5.74, 6) is -2.16. The van der Waals surface area contributed by atoms with E-state index in [0.29, 0.717) is 52.0 Å². The van der Waals surface area contributed by atoms with E-state index < -0.39 is 11.9 Å². The van der Waals surface area contributed by atoms with Crippen molar-refractivity contribution >= 4 is 61.5 Å². The molecule has 0 rings (SSSR count). The monoisotopic (exact) mass is 638 g/mol. The molecule has 0 atom stereocenters. The first kappa shape index (κ1) is 45.9. The van der Waals surface area contributed by atoms with Crippen molar-refractivity contribution < 1.29 is 39.9 Å². The Labute approximate surface area is 287 Å². The Morgan fingerprint density at radius 3 is 1.77 bits per heavy atom. The number of aliphatic hydroxyl groups is 2. The second-order valence-corrected chi connectivity index (χ2v) is 9.88. The summed E-state index contributed by atoms with van der Waals surface area (Å²) in [6, 6.07) is 0. The van der Waals surface area contributed by atoms with E-state index in [2.05, 4.69) is 23.5 Å². The minimum atomic E-state index is -1.13. The van der Waals surface area contributed by atoms with Crippen LogP contribution >= 0.6 is 0 Å². The fourth-order valence-corrected chi connectivity index (χ4v) is 3.65. The molecule has 0 bridgehead atoms. The van der Waals surface area contributed by atoms with Crippen LogP contribution in [0.25, 0.3) is 0 Å². The minimum absolute atomic E-state index is 0. The molecule has 12 nitrogen and oxygen atoms in total. The molecule has 0 radical (unpaired) electrons. The van der Waals surface area contributed by atoms with Gasteiger partial charge in [-0.1, -0.05) is 25.0 Å². The van der Waals surface area contributed by atoms with Crippen molar-refractivity contribution in [1.82, 2.24) is 15.1 Å². The van der Waals surface area contributed by atoms with Gasteiger partial charge in [0.1, 0.15) is 0 Å². The van der Waals surface area contributed by atoms with Gasteiger partial charge in [0.15, 0.2) is 0 Å². The fourth-order valence-electron chi connectivity index (χ4n) is 3.65. The predicted octanol–water partition coefficient (Wildman–Crippen LogP) is 0.639. The van der Waals surface area contributed by atoms with Gasteiger partial charge in [-0.3, -0.25) is 24.4 Å². The molecular weight excluding hydrogens is 584 g/mol. The van der Waals surface area contributed by atoms with E-state index in [1.165, 1.54) is 0 Å². The molecule has 0 unspecified atom stereocenters. The van der Waals surface area contributed by atoms with Gasteiger partial charge in [-0.25, -0.2) is 0 Å². The number of hydrogen-bond acceptors (Lipinski definition) is 10. The molecule has 0 aromatic carbocycles. The summed E-state index contributed by atoms with van der Waals surface area (Å²) in [6.45, 7) is 9.62. The Morgan fingerprint density at radius 1 is 0.721 bits per heavy atom. The van der Waals surface area contributed by atoms with Gasteiger partial charge in [0.05, 0.1) is 19.8 Å². The van der Waals surface area contributed by atoms with Crippen molar-refractivity contribution in [1.29, 1.82) is 0 Å². The summed E-state index contributed by atoms with van der Waals surface area (Å²) >= 11 is 0. The van der Waals surface area contributed by atoms with Gasteiger partial charge >= 0.3 is 43.7 Å². The zero-order valence-corrected chi connectivity index (χ0v) is 28.3. The molecule has 0 aliphatic carbocycles. The molecule has 4 N–H and O–H groups in total. The van der Waals surface area contributed by atoms with Gasteiger partial charge < -0.3 is 35.6 Å². The van der Waals surface area contributed by atoms with E-state index in [1.807, 2.05) is 17.1 Å². The minimum Gasteiger partial charge on any atom is -0.862 e. The standard InChI is InChI=1S/2C15H28N2O4.Ca/c2*1-2-3-4-5-6-8-14(19)16-13-17(10-7-12-18)11-9-15(20)21;/h2*2,18H,1,3-13H2,(H,16,19)(H,20,21);/q;;+2/p-2. The first-order valence-corrected chi connectivity index (χ1v) is 15.0. The fraction of sp³-hybridized carbons (Fsp3) is 0.733. The first-order chi connectivity index (χ1) is 20.2. The molecule has 0 aliphatic heterocycles. The number of hydrogen-bond donors (Lipinski definition) is 4. The van der Waals surface area contributed by atoms with E-state index in [0.717, 1.165) is 51.4 Å². The molecule has 0 saturated carbocycles. The van der Waals surface area contributed by atoms with E-state index in [9.17, 15) is 24.6 Å². The maximum atomic E-state index is 11.7. The van der Waals surface area contributed by atoms with Crippen LogP contribution in [0.1, 0.15) is 89.9 Å². The van der Waals surface area contributed by atoms with Gasteiger partial charge in [-0.2, -0.15) is 0 Å². The third-order valence-electron chi connectivity index (χ3n) is 6.10. The number of aliphatic carboxylic acids is 2. The number of carboxylic acids is 2. The zero-order chi connectivity index (χ0) is 31.8. The smallest absolute Gasteiger partial charge is 0.862 e. The van der Waals surface area contributed by atoms with Crippen LogP contribution in [0, 0.1) is 0 Å². The van der Waals surface area contributed by atoms with Crippen LogP contribution in [0.3, 0.4) is 0 Å². The number of carbonyl (C=O) groups excluding carboxylic acids is 2. The molecular formula is C30H54CaN4O8. The Balaban J connectivity index is -0.000000727. The van der Waals surface area contributed by atoms with Gasteiger partial charge in [0, 0.05) is 51.8 Å². The molecule has 43 heavy (non-hydrogen) atoms. The molecule has 0 heterocycles. The predicted molar refractivity (Wildman–Crippen MR) is 166 cm³/mol. The van der Waals surface area contributed by atoms with Crippen molar-refractivity contribution in [3.05, 3.63) is 25.3 Å². The van der Waals surface area contributed by atoms with Gasteiger partial charge in [0.25, 0.3) is 0 Å². The van der Waals surface area contributed by atoms with E-state index >= 15 is 0 Å². The molecule has 0 fully saturated rings. The van der Waals surface area contributed by atoms with Crippen molar-refractivity contribution in [2.75, 3.05) is 52.7 Å². The average Bonchev–Trinajstić information content (AvgIpc) is 2.96. The van der Waals surface area contributed by atoms with Crippen LogP contribution in [0.5, 0.6) is 0 Å². The number of amides is 1. The summed E-state index contributed by atoms with van der Waals surface area (Å²) in [5.41, 5.74) is 0. The van der Waals surface area contributed by atoms with E-state index in [-0.39, 0.29) is 88.8 Å². The quantitative estimate of drug-likeness (QED) is 0.0236. The summed E-state index contributed by atoms with van der Waals surface area (Å²) in [6.07, 6.45) is 13.4. The molecule has 0 aromatic heterocycles. The Hall–Kier alpha value is -1.54. The van der Waals surface area contributed by atoms with Crippen LogP contribution in [0.4, 0.5) is 0 Å². The second kappa shape index (κ2) is 34.9. The molecule has 0 aromatic rings. The summed E-state index contributed by atoms with van der Waals surface area (Å²) in [7, 11) is 0. The number of nitrogens with zero attached hydrogens (tertiary/aromatic N) is 3. The third kappa shape index (κ3) is 36.6. The van der Waals surface area contributed by atoms with Crippen LogP contribution in [-0.2, 0) is 14.4 Å². The third-order valence-corrected chi connectivity index (χ3v) is 6.10. The maximum absolute atomic E-state index is 11.7. The normalized spacial score (nSPS) is 10.9. The van der Waals surface area contributed by atoms with E-state index in [1.54, 1.807) is 4.90 Å². The van der Waals surface area contributed by atoms with Crippen LogP contribution in [0.15, 0.2) is 30.3 Å². The number of carboxylic acid groups (broad SMARTS) is 2. The molecule has 0 saturated heterocycles.